The lowest BCUT2D eigenvalue weighted by Gasteiger charge is -2.37. The van der Waals surface area contributed by atoms with Crippen molar-refractivity contribution >= 4 is 0 Å². The van der Waals surface area contributed by atoms with Crippen molar-refractivity contribution in [2.75, 3.05) is 13.6 Å². The van der Waals surface area contributed by atoms with Gasteiger partial charge in [-0.25, -0.2) is 0 Å². The van der Waals surface area contributed by atoms with Gasteiger partial charge in [-0.1, -0.05) is 37.5 Å². The first-order valence-electron chi connectivity index (χ1n) is 7.62. The van der Waals surface area contributed by atoms with E-state index >= 15 is 0 Å². The summed E-state index contributed by atoms with van der Waals surface area (Å²) in [6.45, 7) is 5.06. The Bertz CT molecular complexity index is 408. The van der Waals surface area contributed by atoms with E-state index in [0.29, 0.717) is 18.6 Å². The molecule has 2 heteroatoms. The van der Waals surface area contributed by atoms with Crippen molar-refractivity contribution in [3.8, 4) is 0 Å². The SMILES string of the molecule is Cc1ccc(C(CN)N(C)C2CCCCC2)cc1C. The van der Waals surface area contributed by atoms with Gasteiger partial charge in [-0.2, -0.15) is 0 Å². The summed E-state index contributed by atoms with van der Waals surface area (Å²) in [6, 6.07) is 7.86. The summed E-state index contributed by atoms with van der Waals surface area (Å²) >= 11 is 0. The van der Waals surface area contributed by atoms with E-state index in [-0.39, 0.29) is 0 Å². The zero-order valence-electron chi connectivity index (χ0n) is 12.7. The predicted molar refractivity (Wildman–Crippen MR) is 82.3 cm³/mol. The summed E-state index contributed by atoms with van der Waals surface area (Å²) < 4.78 is 0. The molecule has 1 atom stereocenters. The molecular formula is C17H28N2. The van der Waals surface area contributed by atoms with E-state index in [4.69, 9.17) is 5.73 Å². The lowest BCUT2D eigenvalue weighted by atomic mass is 9.92. The van der Waals surface area contributed by atoms with Gasteiger partial charge < -0.3 is 5.73 Å². The molecule has 2 N–H and O–H groups in total. The summed E-state index contributed by atoms with van der Waals surface area (Å²) in [6.07, 6.45) is 6.81. The highest BCUT2D eigenvalue weighted by Gasteiger charge is 2.24. The van der Waals surface area contributed by atoms with Crippen molar-refractivity contribution < 1.29 is 0 Å². The maximum atomic E-state index is 6.06. The molecule has 0 amide bonds. The van der Waals surface area contributed by atoms with Crippen LogP contribution in [-0.2, 0) is 0 Å². The Morgan fingerprint density at radius 1 is 1.16 bits per heavy atom. The number of nitrogens with zero attached hydrogens (tertiary/aromatic N) is 1. The second kappa shape index (κ2) is 6.53. The van der Waals surface area contributed by atoms with Crippen LogP contribution in [-0.4, -0.2) is 24.5 Å². The molecule has 19 heavy (non-hydrogen) atoms. The Morgan fingerprint density at radius 2 is 1.84 bits per heavy atom. The molecule has 0 aromatic heterocycles. The maximum absolute atomic E-state index is 6.06. The number of nitrogens with two attached hydrogens (primary N) is 1. The van der Waals surface area contributed by atoms with Gasteiger partial charge in [0.2, 0.25) is 0 Å². The van der Waals surface area contributed by atoms with E-state index in [1.807, 2.05) is 0 Å². The zero-order valence-corrected chi connectivity index (χ0v) is 12.7. The molecule has 2 nitrogen and oxygen atoms in total. The molecular weight excluding hydrogens is 232 g/mol. The van der Waals surface area contributed by atoms with E-state index in [0.717, 1.165) is 0 Å². The number of benzene rings is 1. The van der Waals surface area contributed by atoms with Gasteiger partial charge in [0.1, 0.15) is 0 Å². The first-order valence-corrected chi connectivity index (χ1v) is 7.62. The van der Waals surface area contributed by atoms with E-state index in [2.05, 4.69) is 44.0 Å². The van der Waals surface area contributed by atoms with Crippen LogP contribution in [0.5, 0.6) is 0 Å². The van der Waals surface area contributed by atoms with Gasteiger partial charge in [0.05, 0.1) is 0 Å². The largest absolute Gasteiger partial charge is 0.329 e. The van der Waals surface area contributed by atoms with Gasteiger partial charge in [0.15, 0.2) is 0 Å². The van der Waals surface area contributed by atoms with Crippen molar-refractivity contribution in [2.24, 2.45) is 5.73 Å². The van der Waals surface area contributed by atoms with Crippen LogP contribution in [0, 0.1) is 13.8 Å². The van der Waals surface area contributed by atoms with E-state index in [1.165, 1.54) is 48.8 Å². The molecule has 0 heterocycles. The van der Waals surface area contributed by atoms with Crippen molar-refractivity contribution in [1.29, 1.82) is 0 Å². The van der Waals surface area contributed by atoms with Gasteiger partial charge in [-0.15, -0.1) is 0 Å². The standard InChI is InChI=1S/C17H28N2/c1-13-9-10-15(11-14(13)2)17(12-18)19(3)16-7-5-4-6-8-16/h9-11,16-17H,4-8,12,18H2,1-3H3. The molecule has 0 radical (unpaired) electrons. The number of hydrogen-bond acceptors (Lipinski definition) is 2. The van der Waals surface area contributed by atoms with Crippen LogP contribution in [0.4, 0.5) is 0 Å². The smallest absolute Gasteiger partial charge is 0.0470 e. The van der Waals surface area contributed by atoms with Gasteiger partial charge in [0.25, 0.3) is 0 Å². The lowest BCUT2D eigenvalue weighted by molar-refractivity contribution is 0.140. The topological polar surface area (TPSA) is 29.3 Å². The lowest BCUT2D eigenvalue weighted by Crippen LogP contribution is -2.39. The molecule has 2 rings (SSSR count). The van der Waals surface area contributed by atoms with Crippen LogP contribution >= 0.6 is 0 Å². The van der Waals surface area contributed by atoms with Crippen molar-refractivity contribution in [2.45, 2.75) is 58.0 Å². The average Bonchev–Trinajstić information content (AvgIpc) is 2.44. The average molecular weight is 260 g/mol. The highest BCUT2D eigenvalue weighted by atomic mass is 15.2. The molecule has 106 valence electrons. The minimum atomic E-state index is 0.363. The van der Waals surface area contributed by atoms with Crippen LogP contribution in [0.3, 0.4) is 0 Å². The third-order valence-electron chi connectivity index (χ3n) is 4.78. The molecule has 0 saturated heterocycles. The van der Waals surface area contributed by atoms with Crippen LogP contribution < -0.4 is 5.73 Å². The first-order chi connectivity index (χ1) is 9.13. The molecule has 1 saturated carbocycles. The Hall–Kier alpha value is -0.860. The van der Waals surface area contributed by atoms with Gasteiger partial charge >= 0.3 is 0 Å². The van der Waals surface area contributed by atoms with E-state index in [1.54, 1.807) is 0 Å². The number of likely N-dealkylation sites (N-methyl/N-ethyl adjacent to an activating group) is 1. The molecule has 0 aliphatic heterocycles. The molecule has 1 aromatic carbocycles. The number of hydrogen-bond donors (Lipinski definition) is 1. The van der Waals surface area contributed by atoms with Crippen molar-refractivity contribution in [3.05, 3.63) is 34.9 Å². The van der Waals surface area contributed by atoms with E-state index in [9.17, 15) is 0 Å². The van der Waals surface area contributed by atoms with Crippen LogP contribution in [0.2, 0.25) is 0 Å². The minimum Gasteiger partial charge on any atom is -0.329 e. The molecule has 1 aliphatic carbocycles. The molecule has 1 unspecified atom stereocenters. The van der Waals surface area contributed by atoms with Crippen LogP contribution in [0.1, 0.15) is 54.8 Å². The second-order valence-electron chi connectivity index (χ2n) is 6.05. The molecule has 1 aliphatic rings. The Morgan fingerprint density at radius 3 is 2.42 bits per heavy atom. The third kappa shape index (κ3) is 3.37. The fraction of sp³-hybridized carbons (Fsp3) is 0.647. The number of aryl methyl sites for hydroxylation is 2. The van der Waals surface area contributed by atoms with Crippen molar-refractivity contribution in [3.63, 3.8) is 0 Å². The summed E-state index contributed by atoms with van der Waals surface area (Å²) in [5, 5.41) is 0. The Balaban J connectivity index is 2.15. The fourth-order valence-corrected chi connectivity index (χ4v) is 3.25. The number of rotatable bonds is 4. The summed E-state index contributed by atoms with van der Waals surface area (Å²) in [5.41, 5.74) is 10.2. The first kappa shape index (κ1) is 14.5. The van der Waals surface area contributed by atoms with Crippen LogP contribution in [0.25, 0.3) is 0 Å². The molecule has 0 bridgehead atoms. The van der Waals surface area contributed by atoms with Gasteiger partial charge in [-0.05, 0) is 50.4 Å². The molecule has 0 spiro atoms. The quantitative estimate of drug-likeness (QED) is 0.896. The Kier molecular flexibility index (Phi) is 5.00. The minimum absolute atomic E-state index is 0.363. The fourth-order valence-electron chi connectivity index (χ4n) is 3.25. The van der Waals surface area contributed by atoms with Gasteiger partial charge in [-0.3, -0.25) is 4.90 Å². The monoisotopic (exact) mass is 260 g/mol. The van der Waals surface area contributed by atoms with Crippen LogP contribution in [0.15, 0.2) is 18.2 Å². The van der Waals surface area contributed by atoms with E-state index < -0.39 is 0 Å². The van der Waals surface area contributed by atoms with Gasteiger partial charge in [0, 0.05) is 18.6 Å². The zero-order chi connectivity index (χ0) is 13.8. The Labute approximate surface area is 118 Å². The summed E-state index contributed by atoms with van der Waals surface area (Å²) in [5.74, 6) is 0. The maximum Gasteiger partial charge on any atom is 0.0470 e. The normalized spacial score (nSPS) is 18.8. The highest BCUT2D eigenvalue weighted by molar-refractivity contribution is 5.32. The summed E-state index contributed by atoms with van der Waals surface area (Å²) in [4.78, 5) is 2.52. The highest BCUT2D eigenvalue weighted by Crippen LogP contribution is 2.29. The second-order valence-corrected chi connectivity index (χ2v) is 6.05. The molecule has 1 aromatic rings. The predicted octanol–water partition coefficient (Wildman–Crippen LogP) is 3.57. The van der Waals surface area contributed by atoms with Crippen molar-refractivity contribution in [1.82, 2.24) is 4.90 Å². The summed E-state index contributed by atoms with van der Waals surface area (Å²) in [7, 11) is 2.25. The third-order valence-corrected chi connectivity index (χ3v) is 4.78. The molecule has 1 fully saturated rings.